The van der Waals surface area contributed by atoms with E-state index in [1.807, 2.05) is 0 Å². The van der Waals surface area contributed by atoms with Crippen molar-refractivity contribution in [2.24, 2.45) is 5.73 Å². The van der Waals surface area contributed by atoms with Gasteiger partial charge in [0, 0.05) is 12.1 Å². The first-order valence-corrected chi connectivity index (χ1v) is 6.06. The van der Waals surface area contributed by atoms with Gasteiger partial charge in [0.2, 0.25) is 5.91 Å². The van der Waals surface area contributed by atoms with Gasteiger partial charge < -0.3 is 5.73 Å². The third kappa shape index (κ3) is 3.98. The number of imide groups is 1. The molecule has 0 aromatic heterocycles. The molecule has 4 N–H and O–H groups in total. The summed E-state index contributed by atoms with van der Waals surface area (Å²) in [4.78, 5) is 22.1. The third-order valence-electron chi connectivity index (χ3n) is 3.18. The first-order valence-electron chi connectivity index (χ1n) is 6.06. The second kappa shape index (κ2) is 5.97. The summed E-state index contributed by atoms with van der Waals surface area (Å²) >= 11 is 0. The van der Waals surface area contributed by atoms with E-state index in [2.05, 4.69) is 29.6 Å². The van der Waals surface area contributed by atoms with Crippen molar-refractivity contribution in [2.45, 2.75) is 58.2 Å². The van der Waals surface area contributed by atoms with Crippen LogP contribution in [-0.2, 0) is 4.79 Å². The Morgan fingerprint density at radius 2 is 1.82 bits per heavy atom. The number of carbonyl (C=O) groups is 2. The Balaban J connectivity index is 2.51. The first-order chi connectivity index (χ1) is 7.91. The van der Waals surface area contributed by atoms with Gasteiger partial charge in [0.15, 0.2) is 0 Å². The molecule has 6 heteroatoms. The van der Waals surface area contributed by atoms with Gasteiger partial charge in [-0.1, -0.05) is 6.42 Å². The lowest BCUT2D eigenvalue weighted by Crippen LogP contribution is -2.58. The van der Waals surface area contributed by atoms with Crippen LogP contribution in [0.3, 0.4) is 0 Å². The Kier molecular flexibility index (Phi) is 4.89. The number of hydrazine groups is 1. The van der Waals surface area contributed by atoms with Crippen LogP contribution in [0, 0.1) is 0 Å². The van der Waals surface area contributed by atoms with E-state index in [9.17, 15) is 9.59 Å². The van der Waals surface area contributed by atoms with Gasteiger partial charge in [-0.3, -0.25) is 10.1 Å². The van der Waals surface area contributed by atoms with E-state index in [0.717, 1.165) is 12.8 Å². The molecule has 1 saturated heterocycles. The highest BCUT2D eigenvalue weighted by atomic mass is 16.2. The van der Waals surface area contributed by atoms with E-state index < -0.39 is 18.0 Å². The highest BCUT2D eigenvalue weighted by Crippen LogP contribution is 2.20. The smallest absolute Gasteiger partial charge is 0.318 e. The van der Waals surface area contributed by atoms with E-state index in [0.29, 0.717) is 12.1 Å². The van der Waals surface area contributed by atoms with Crippen LogP contribution in [-0.4, -0.2) is 35.1 Å². The zero-order chi connectivity index (χ0) is 13.0. The van der Waals surface area contributed by atoms with Crippen molar-refractivity contribution in [1.82, 2.24) is 15.8 Å². The third-order valence-corrected chi connectivity index (χ3v) is 3.18. The molecule has 6 nitrogen and oxygen atoms in total. The summed E-state index contributed by atoms with van der Waals surface area (Å²) in [6.07, 6.45) is 3.44. The van der Waals surface area contributed by atoms with Crippen molar-refractivity contribution in [1.29, 1.82) is 0 Å². The van der Waals surface area contributed by atoms with Crippen molar-refractivity contribution in [3.05, 3.63) is 0 Å². The molecule has 0 saturated carbocycles. The Labute approximate surface area is 102 Å². The maximum Gasteiger partial charge on any atom is 0.318 e. The highest BCUT2D eigenvalue weighted by Gasteiger charge is 2.27. The maximum absolute atomic E-state index is 11.5. The van der Waals surface area contributed by atoms with Crippen LogP contribution in [0.5, 0.6) is 0 Å². The number of hydrogen-bond acceptors (Lipinski definition) is 4. The van der Waals surface area contributed by atoms with Gasteiger partial charge in [0.05, 0.1) is 6.04 Å². The van der Waals surface area contributed by atoms with Crippen LogP contribution in [0.25, 0.3) is 0 Å². The number of rotatable bonds is 3. The van der Waals surface area contributed by atoms with Crippen molar-refractivity contribution < 1.29 is 9.59 Å². The number of nitrogens with zero attached hydrogens (tertiary/aromatic N) is 1. The van der Waals surface area contributed by atoms with Gasteiger partial charge in [0.25, 0.3) is 0 Å². The number of nitrogens with two attached hydrogens (primary N) is 1. The number of nitrogens with one attached hydrogen (secondary N) is 2. The van der Waals surface area contributed by atoms with E-state index in [1.54, 1.807) is 6.92 Å². The van der Waals surface area contributed by atoms with Crippen LogP contribution < -0.4 is 16.5 Å². The van der Waals surface area contributed by atoms with Crippen LogP contribution in [0.2, 0.25) is 0 Å². The molecule has 17 heavy (non-hydrogen) atoms. The van der Waals surface area contributed by atoms with E-state index >= 15 is 0 Å². The molecule has 0 aromatic carbocycles. The summed E-state index contributed by atoms with van der Waals surface area (Å²) in [5.74, 6) is -0.400. The zero-order valence-electron chi connectivity index (χ0n) is 10.7. The van der Waals surface area contributed by atoms with E-state index in [4.69, 9.17) is 5.73 Å². The van der Waals surface area contributed by atoms with Gasteiger partial charge in [-0.05, 0) is 33.6 Å². The van der Waals surface area contributed by atoms with Gasteiger partial charge in [-0.15, -0.1) is 0 Å². The average Bonchev–Trinajstić information content (AvgIpc) is 2.22. The lowest BCUT2D eigenvalue weighted by molar-refractivity contribution is -0.124. The number of primary amides is 1. The summed E-state index contributed by atoms with van der Waals surface area (Å²) in [7, 11) is 0. The minimum atomic E-state index is -0.816. The molecule has 0 radical (unpaired) electrons. The van der Waals surface area contributed by atoms with Gasteiger partial charge in [-0.25, -0.2) is 15.2 Å². The fourth-order valence-corrected chi connectivity index (χ4v) is 2.19. The molecule has 1 rings (SSSR count). The molecule has 1 heterocycles. The van der Waals surface area contributed by atoms with Crippen molar-refractivity contribution in [3.8, 4) is 0 Å². The molecule has 3 unspecified atom stereocenters. The Morgan fingerprint density at radius 3 is 2.29 bits per heavy atom. The van der Waals surface area contributed by atoms with Crippen LogP contribution in [0.15, 0.2) is 0 Å². The van der Waals surface area contributed by atoms with Gasteiger partial charge in [0.1, 0.15) is 0 Å². The van der Waals surface area contributed by atoms with E-state index in [1.165, 1.54) is 6.42 Å². The largest absolute Gasteiger partial charge is 0.351 e. The molecule has 98 valence electrons. The molecular weight excluding hydrogens is 220 g/mol. The van der Waals surface area contributed by atoms with Crippen LogP contribution >= 0.6 is 0 Å². The number of carbonyl (C=O) groups excluding carboxylic acids is 2. The minimum absolute atomic E-state index is 0.391. The predicted molar refractivity (Wildman–Crippen MR) is 64.9 cm³/mol. The monoisotopic (exact) mass is 242 g/mol. The Bertz CT molecular complexity index is 285. The van der Waals surface area contributed by atoms with Gasteiger partial charge in [-0.2, -0.15) is 0 Å². The molecule has 0 bridgehead atoms. The highest BCUT2D eigenvalue weighted by molar-refractivity contribution is 5.96. The molecule has 0 spiro atoms. The standard InChI is InChI=1S/C11H22N4O2/c1-7-5-4-6-8(2)15(7)14-9(3)10(16)13-11(12)17/h7-9,14H,4-6H2,1-3H3,(H3,12,13,16,17). The Morgan fingerprint density at radius 1 is 1.29 bits per heavy atom. The van der Waals surface area contributed by atoms with Crippen LogP contribution in [0.1, 0.15) is 40.0 Å². The molecular formula is C11H22N4O2. The fourth-order valence-electron chi connectivity index (χ4n) is 2.19. The quantitative estimate of drug-likeness (QED) is 0.666. The minimum Gasteiger partial charge on any atom is -0.351 e. The number of hydrogen-bond donors (Lipinski definition) is 3. The summed E-state index contributed by atoms with van der Waals surface area (Å²) in [5, 5.41) is 4.16. The summed E-state index contributed by atoms with van der Waals surface area (Å²) in [6, 6.07) is -0.501. The molecule has 1 fully saturated rings. The first kappa shape index (κ1) is 13.9. The average molecular weight is 242 g/mol. The summed E-state index contributed by atoms with van der Waals surface area (Å²) in [6.45, 7) is 5.97. The van der Waals surface area contributed by atoms with E-state index in [-0.39, 0.29) is 0 Å². The fraction of sp³-hybridized carbons (Fsp3) is 0.818. The number of urea groups is 1. The predicted octanol–water partition coefficient (Wildman–Crippen LogP) is 0.337. The molecule has 1 aliphatic heterocycles. The Hall–Kier alpha value is -1.14. The topological polar surface area (TPSA) is 87.5 Å². The lowest BCUT2D eigenvalue weighted by atomic mass is 10.00. The molecule has 3 atom stereocenters. The number of amides is 3. The summed E-state index contributed by atoms with van der Waals surface area (Å²) < 4.78 is 0. The number of piperidine rings is 1. The molecule has 0 aliphatic carbocycles. The van der Waals surface area contributed by atoms with Gasteiger partial charge >= 0.3 is 6.03 Å². The molecule has 0 aromatic rings. The zero-order valence-corrected chi connectivity index (χ0v) is 10.7. The van der Waals surface area contributed by atoms with Crippen molar-refractivity contribution in [2.75, 3.05) is 0 Å². The SMILES string of the molecule is CC(NN1C(C)CCCC1C)C(=O)NC(N)=O. The lowest BCUT2D eigenvalue weighted by Gasteiger charge is -2.40. The summed E-state index contributed by atoms with van der Waals surface area (Å²) in [5.41, 5.74) is 8.04. The second-order valence-corrected chi connectivity index (χ2v) is 4.74. The van der Waals surface area contributed by atoms with Crippen LogP contribution in [0.4, 0.5) is 4.79 Å². The normalized spacial score (nSPS) is 27.5. The van der Waals surface area contributed by atoms with Crippen molar-refractivity contribution in [3.63, 3.8) is 0 Å². The molecule has 3 amide bonds. The molecule has 1 aliphatic rings. The second-order valence-electron chi connectivity index (χ2n) is 4.74. The maximum atomic E-state index is 11.5. The van der Waals surface area contributed by atoms with Crippen molar-refractivity contribution >= 4 is 11.9 Å².